The van der Waals surface area contributed by atoms with Gasteiger partial charge >= 0.3 is 0 Å². The molecule has 0 radical (unpaired) electrons. The Kier molecular flexibility index (Phi) is 34.1. The van der Waals surface area contributed by atoms with Crippen molar-refractivity contribution in [2.24, 2.45) is 33.8 Å². The standard InChI is InChI=1S/C17H36O13S3.C13H32N4O4/c1-5-6-24-13-17(14-25-7-10-28-31(2,18)19,15-26-8-11-29-32(3,20)21)16-27-9-12-30-33(4,22)23;14-1-5-18-9-13(10-19-6-2-15,11-20-7-3-16)12-21-8-4-17/h5-16H2,1-4H3;1-12,14-17H2. The van der Waals surface area contributed by atoms with E-state index in [-0.39, 0.29) is 66.1 Å². The van der Waals surface area contributed by atoms with E-state index < -0.39 is 41.2 Å². The fraction of sp³-hybridized carbons (Fsp3) is 1.00. The maximum absolute atomic E-state index is 11.1. The van der Waals surface area contributed by atoms with Crippen molar-refractivity contribution in [2.45, 2.75) is 13.3 Å². The van der Waals surface area contributed by atoms with Gasteiger partial charge in [0.05, 0.1) is 149 Å². The first-order chi connectivity index (χ1) is 25.4. The quantitative estimate of drug-likeness (QED) is 0.0361. The van der Waals surface area contributed by atoms with E-state index in [1.165, 1.54) is 0 Å². The molecule has 328 valence electrons. The van der Waals surface area contributed by atoms with Gasteiger partial charge < -0.3 is 60.8 Å². The molecule has 0 aromatic carbocycles. The molecule has 0 atom stereocenters. The molecule has 0 aromatic heterocycles. The predicted molar refractivity (Wildman–Crippen MR) is 200 cm³/mol. The highest BCUT2D eigenvalue weighted by Crippen LogP contribution is 2.22. The third-order valence-corrected chi connectivity index (χ3v) is 8.02. The number of hydrogen-bond acceptors (Lipinski definition) is 21. The second-order valence-electron chi connectivity index (χ2n) is 12.2. The Hall–Kier alpha value is -0.750. The summed E-state index contributed by atoms with van der Waals surface area (Å²) < 4.78 is 125. The van der Waals surface area contributed by atoms with E-state index in [0.717, 1.165) is 25.2 Å². The van der Waals surface area contributed by atoms with Crippen molar-refractivity contribution in [1.82, 2.24) is 0 Å². The van der Waals surface area contributed by atoms with Crippen molar-refractivity contribution in [1.29, 1.82) is 0 Å². The molecule has 0 aliphatic heterocycles. The van der Waals surface area contributed by atoms with Gasteiger partial charge in [0, 0.05) is 32.8 Å². The Morgan fingerprint density at radius 3 is 0.741 bits per heavy atom. The van der Waals surface area contributed by atoms with Crippen molar-refractivity contribution in [3.8, 4) is 0 Å². The summed E-state index contributed by atoms with van der Waals surface area (Å²) in [4.78, 5) is 0. The van der Waals surface area contributed by atoms with Crippen molar-refractivity contribution < 1.29 is 75.7 Å². The summed E-state index contributed by atoms with van der Waals surface area (Å²) in [6.45, 7) is 7.49. The monoisotopic (exact) mass is 852 g/mol. The smallest absolute Gasteiger partial charge is 0.264 e. The summed E-state index contributed by atoms with van der Waals surface area (Å²) in [6, 6.07) is 0. The third kappa shape index (κ3) is 36.9. The number of hydrogen-bond donors (Lipinski definition) is 4. The van der Waals surface area contributed by atoms with Gasteiger partial charge in [0.25, 0.3) is 30.4 Å². The third-order valence-electron chi connectivity index (χ3n) is 6.24. The van der Waals surface area contributed by atoms with Crippen LogP contribution in [0.2, 0.25) is 0 Å². The van der Waals surface area contributed by atoms with Gasteiger partial charge in [0.2, 0.25) is 0 Å². The Morgan fingerprint density at radius 2 is 0.556 bits per heavy atom. The first-order valence-electron chi connectivity index (χ1n) is 17.4. The maximum atomic E-state index is 11.1. The maximum Gasteiger partial charge on any atom is 0.264 e. The lowest BCUT2D eigenvalue weighted by molar-refractivity contribution is -0.111. The second-order valence-corrected chi connectivity index (χ2v) is 17.1. The molecule has 0 aliphatic carbocycles. The summed E-state index contributed by atoms with van der Waals surface area (Å²) >= 11 is 0. The van der Waals surface area contributed by atoms with Crippen molar-refractivity contribution in [3.63, 3.8) is 0 Å². The van der Waals surface area contributed by atoms with E-state index in [0.29, 0.717) is 85.6 Å². The molecule has 54 heavy (non-hydrogen) atoms. The molecular formula is C30H68N4O17S3. The topological polar surface area (TPSA) is 308 Å². The minimum atomic E-state index is -3.60. The van der Waals surface area contributed by atoms with Crippen molar-refractivity contribution in [2.75, 3.05) is 170 Å². The molecule has 0 spiro atoms. The summed E-state index contributed by atoms with van der Waals surface area (Å²) in [5, 5.41) is 0. The zero-order chi connectivity index (χ0) is 41.2. The van der Waals surface area contributed by atoms with Crippen LogP contribution in [-0.4, -0.2) is 196 Å². The van der Waals surface area contributed by atoms with Gasteiger partial charge in [-0.3, -0.25) is 12.5 Å². The van der Waals surface area contributed by atoms with Crippen LogP contribution in [0, 0.1) is 10.8 Å². The Balaban J connectivity index is 0. The first kappa shape index (κ1) is 55.3. The first-order valence-corrected chi connectivity index (χ1v) is 22.8. The summed E-state index contributed by atoms with van der Waals surface area (Å²) in [7, 11) is -10.8. The van der Waals surface area contributed by atoms with Crippen molar-refractivity contribution >= 4 is 30.4 Å². The lowest BCUT2D eigenvalue weighted by Crippen LogP contribution is -2.43. The summed E-state index contributed by atoms with van der Waals surface area (Å²) in [5.41, 5.74) is 20.5. The van der Waals surface area contributed by atoms with Crippen LogP contribution in [0.15, 0.2) is 0 Å². The average molecular weight is 853 g/mol. The zero-order valence-electron chi connectivity index (χ0n) is 32.4. The summed E-state index contributed by atoms with van der Waals surface area (Å²) in [6.07, 6.45) is 3.53. The van der Waals surface area contributed by atoms with E-state index in [4.69, 9.17) is 60.8 Å². The highest BCUT2D eigenvalue weighted by molar-refractivity contribution is 7.86. The molecule has 0 amide bonds. The lowest BCUT2D eigenvalue weighted by Gasteiger charge is -2.33. The van der Waals surface area contributed by atoms with Gasteiger partial charge in [-0.2, -0.15) is 25.3 Å². The SMILES string of the molecule is CCCOCC(COCCOS(C)(=O)=O)(COCCOS(C)(=O)=O)COCCOS(C)(=O)=O.NCCOCC(COCCN)(COCCN)COCCN. The van der Waals surface area contributed by atoms with Crippen LogP contribution in [-0.2, 0) is 80.8 Å². The van der Waals surface area contributed by atoms with Gasteiger partial charge in [0.1, 0.15) is 0 Å². The fourth-order valence-corrected chi connectivity index (χ4v) is 5.13. The number of nitrogens with two attached hydrogens (primary N) is 4. The molecule has 0 aromatic rings. The molecule has 0 bridgehead atoms. The molecule has 0 aliphatic rings. The molecule has 0 rings (SSSR count). The molecular weight excluding hydrogens is 785 g/mol. The van der Waals surface area contributed by atoms with Crippen LogP contribution in [0.25, 0.3) is 0 Å². The van der Waals surface area contributed by atoms with Crippen LogP contribution < -0.4 is 22.9 Å². The zero-order valence-corrected chi connectivity index (χ0v) is 34.9. The van der Waals surface area contributed by atoms with E-state index in [2.05, 4.69) is 12.5 Å². The number of rotatable bonds is 38. The van der Waals surface area contributed by atoms with Crippen molar-refractivity contribution in [3.05, 3.63) is 0 Å². The molecule has 21 nitrogen and oxygen atoms in total. The van der Waals surface area contributed by atoms with E-state index in [1.54, 1.807) is 0 Å². The predicted octanol–water partition coefficient (Wildman–Crippen LogP) is -2.75. The fourth-order valence-electron chi connectivity index (χ4n) is 4.02. The highest BCUT2D eigenvalue weighted by Gasteiger charge is 2.33. The van der Waals surface area contributed by atoms with E-state index in [1.807, 2.05) is 6.92 Å². The Bertz CT molecular complexity index is 1050. The average Bonchev–Trinajstić information content (AvgIpc) is 3.07. The Morgan fingerprint density at radius 1 is 0.352 bits per heavy atom. The van der Waals surface area contributed by atoms with Gasteiger partial charge in [-0.05, 0) is 6.42 Å². The lowest BCUT2D eigenvalue weighted by atomic mass is 9.92. The van der Waals surface area contributed by atoms with Gasteiger partial charge in [0.15, 0.2) is 0 Å². The van der Waals surface area contributed by atoms with Crippen LogP contribution in [0.3, 0.4) is 0 Å². The van der Waals surface area contributed by atoms with Crippen LogP contribution in [0.1, 0.15) is 13.3 Å². The van der Waals surface area contributed by atoms with E-state index >= 15 is 0 Å². The Labute approximate surface area is 322 Å². The minimum absolute atomic E-state index is 0.0308. The highest BCUT2D eigenvalue weighted by atomic mass is 32.2. The molecule has 0 unspecified atom stereocenters. The van der Waals surface area contributed by atoms with Crippen LogP contribution >= 0.6 is 0 Å². The normalized spacial score (nSPS) is 12.9. The van der Waals surface area contributed by atoms with E-state index in [9.17, 15) is 25.3 Å². The molecule has 24 heteroatoms. The van der Waals surface area contributed by atoms with Crippen LogP contribution in [0.4, 0.5) is 0 Å². The largest absolute Gasteiger partial charge is 0.381 e. The van der Waals surface area contributed by atoms with Gasteiger partial charge in [-0.1, -0.05) is 6.92 Å². The minimum Gasteiger partial charge on any atom is -0.381 e. The molecule has 0 saturated heterocycles. The van der Waals surface area contributed by atoms with Gasteiger partial charge in [-0.25, -0.2) is 0 Å². The summed E-state index contributed by atoms with van der Waals surface area (Å²) in [5.74, 6) is 0. The molecule has 8 N–H and O–H groups in total. The molecule has 0 heterocycles. The number of ether oxygens (including phenoxy) is 8. The van der Waals surface area contributed by atoms with Gasteiger partial charge in [-0.15, -0.1) is 0 Å². The molecule has 0 saturated carbocycles. The van der Waals surface area contributed by atoms with Crippen LogP contribution in [0.5, 0.6) is 0 Å². The molecule has 0 fully saturated rings. The second kappa shape index (κ2) is 33.2.